The fourth-order valence-corrected chi connectivity index (χ4v) is 4.09. The Morgan fingerprint density at radius 3 is 2.43 bits per heavy atom. The second-order valence-electron chi connectivity index (χ2n) is 3.50. The minimum atomic E-state index is 0.682. The van der Waals surface area contributed by atoms with E-state index in [0.29, 0.717) is 10.5 Å². The molecule has 14 heavy (non-hydrogen) atoms. The molecular formula is C8H12BrN3S2. The quantitative estimate of drug-likeness (QED) is 0.796. The molecule has 1 saturated heterocycles. The van der Waals surface area contributed by atoms with Crippen molar-refractivity contribution in [3.63, 3.8) is 0 Å². The summed E-state index contributed by atoms with van der Waals surface area (Å²) in [4.78, 5) is 2.33. The summed E-state index contributed by atoms with van der Waals surface area (Å²) in [6.45, 7) is 6.69. The average molecular weight is 294 g/mol. The highest BCUT2D eigenvalue weighted by Gasteiger charge is 2.24. The lowest BCUT2D eigenvalue weighted by Gasteiger charge is -2.33. The van der Waals surface area contributed by atoms with Crippen molar-refractivity contribution in [1.29, 1.82) is 0 Å². The molecule has 2 unspecified atom stereocenters. The molecule has 0 spiro atoms. The molecule has 0 radical (unpaired) electrons. The molecule has 78 valence electrons. The van der Waals surface area contributed by atoms with E-state index >= 15 is 0 Å². The molecule has 1 aromatic heterocycles. The number of nitrogens with zero attached hydrogens (tertiary/aromatic N) is 3. The first kappa shape index (κ1) is 10.7. The van der Waals surface area contributed by atoms with Gasteiger partial charge in [-0.1, -0.05) is 25.2 Å². The summed E-state index contributed by atoms with van der Waals surface area (Å²) in [5.41, 5.74) is 0. The summed E-state index contributed by atoms with van der Waals surface area (Å²) in [5.74, 6) is 0. The van der Waals surface area contributed by atoms with Crippen LogP contribution in [-0.4, -0.2) is 33.8 Å². The Bertz CT molecular complexity index is 307. The van der Waals surface area contributed by atoms with Crippen LogP contribution >= 0.6 is 39.0 Å². The van der Waals surface area contributed by atoms with Crippen molar-refractivity contribution in [2.75, 3.05) is 18.0 Å². The van der Waals surface area contributed by atoms with Crippen LogP contribution in [0.5, 0.6) is 0 Å². The average Bonchev–Trinajstić information content (AvgIpc) is 2.50. The van der Waals surface area contributed by atoms with Gasteiger partial charge in [0.15, 0.2) is 3.92 Å². The topological polar surface area (TPSA) is 29.0 Å². The molecule has 0 aliphatic carbocycles. The van der Waals surface area contributed by atoms with Gasteiger partial charge in [-0.05, 0) is 15.9 Å². The van der Waals surface area contributed by atoms with Gasteiger partial charge >= 0.3 is 0 Å². The summed E-state index contributed by atoms with van der Waals surface area (Å²) < 4.78 is 0.867. The molecule has 1 aliphatic heterocycles. The normalized spacial score (nSPS) is 28.1. The molecule has 0 aromatic carbocycles. The van der Waals surface area contributed by atoms with Gasteiger partial charge in [0, 0.05) is 23.6 Å². The summed E-state index contributed by atoms with van der Waals surface area (Å²) in [5, 5.41) is 10.5. The first-order chi connectivity index (χ1) is 6.65. The summed E-state index contributed by atoms with van der Waals surface area (Å²) in [6, 6.07) is 0. The molecular weight excluding hydrogens is 282 g/mol. The van der Waals surface area contributed by atoms with Crippen LogP contribution in [0.4, 0.5) is 5.13 Å². The number of hydrogen-bond acceptors (Lipinski definition) is 5. The molecule has 1 aromatic rings. The van der Waals surface area contributed by atoms with Crippen molar-refractivity contribution < 1.29 is 0 Å². The molecule has 2 heterocycles. The Morgan fingerprint density at radius 2 is 1.93 bits per heavy atom. The van der Waals surface area contributed by atoms with Crippen molar-refractivity contribution in [2.45, 2.75) is 24.3 Å². The van der Waals surface area contributed by atoms with Gasteiger partial charge in [0.1, 0.15) is 0 Å². The van der Waals surface area contributed by atoms with Gasteiger partial charge in [0.2, 0.25) is 5.13 Å². The molecule has 1 fully saturated rings. The van der Waals surface area contributed by atoms with E-state index in [2.05, 4.69) is 44.9 Å². The van der Waals surface area contributed by atoms with Crippen molar-refractivity contribution in [1.82, 2.24) is 10.2 Å². The Balaban J connectivity index is 2.10. The highest BCUT2D eigenvalue weighted by molar-refractivity contribution is 9.11. The molecule has 6 heteroatoms. The Kier molecular flexibility index (Phi) is 3.34. The van der Waals surface area contributed by atoms with Gasteiger partial charge in [-0.3, -0.25) is 0 Å². The fourth-order valence-electron chi connectivity index (χ4n) is 1.66. The van der Waals surface area contributed by atoms with E-state index in [9.17, 15) is 0 Å². The van der Waals surface area contributed by atoms with Crippen molar-refractivity contribution >= 4 is 44.2 Å². The second kappa shape index (κ2) is 4.37. The molecule has 0 N–H and O–H groups in total. The fraction of sp³-hybridized carbons (Fsp3) is 0.750. The van der Waals surface area contributed by atoms with E-state index in [0.717, 1.165) is 22.1 Å². The molecule has 2 rings (SSSR count). The highest BCUT2D eigenvalue weighted by Crippen LogP contribution is 2.31. The molecule has 0 amide bonds. The van der Waals surface area contributed by atoms with Gasteiger partial charge in [-0.25, -0.2) is 0 Å². The van der Waals surface area contributed by atoms with Crippen molar-refractivity contribution in [3.05, 3.63) is 3.92 Å². The number of aromatic nitrogens is 2. The maximum atomic E-state index is 4.15. The van der Waals surface area contributed by atoms with Crippen LogP contribution in [0.1, 0.15) is 13.8 Å². The number of hydrogen-bond donors (Lipinski definition) is 0. The lowest BCUT2D eigenvalue weighted by molar-refractivity contribution is 0.721. The predicted molar refractivity (Wildman–Crippen MR) is 66.3 cm³/mol. The standard InChI is InChI=1S/C8H12BrN3S2/c1-5-3-12(4-6(2)13-5)8-11-10-7(9)14-8/h5-6H,3-4H2,1-2H3. The second-order valence-corrected chi connectivity index (χ2v) is 7.61. The minimum Gasteiger partial charge on any atom is -0.344 e. The molecule has 1 aliphatic rings. The van der Waals surface area contributed by atoms with Gasteiger partial charge < -0.3 is 4.90 Å². The number of halogens is 1. The van der Waals surface area contributed by atoms with Crippen LogP contribution in [0.25, 0.3) is 0 Å². The zero-order chi connectivity index (χ0) is 10.1. The molecule has 0 saturated carbocycles. The van der Waals surface area contributed by atoms with E-state index in [1.807, 2.05) is 11.8 Å². The van der Waals surface area contributed by atoms with Crippen LogP contribution in [0, 0.1) is 0 Å². The molecule has 0 bridgehead atoms. The first-order valence-electron chi connectivity index (χ1n) is 4.54. The Labute approximate surface area is 100 Å². The Hall–Kier alpha value is 0.190. The van der Waals surface area contributed by atoms with Crippen LogP contribution in [0.3, 0.4) is 0 Å². The molecule has 3 nitrogen and oxygen atoms in total. The van der Waals surface area contributed by atoms with Gasteiger partial charge in [-0.15, -0.1) is 10.2 Å². The lowest BCUT2D eigenvalue weighted by atomic mass is 10.3. The zero-order valence-corrected chi connectivity index (χ0v) is 11.3. The largest absolute Gasteiger partial charge is 0.344 e. The number of anilines is 1. The minimum absolute atomic E-state index is 0.682. The van der Waals surface area contributed by atoms with Gasteiger partial charge in [0.25, 0.3) is 0 Å². The number of thioether (sulfide) groups is 1. The highest BCUT2D eigenvalue weighted by atomic mass is 79.9. The van der Waals surface area contributed by atoms with Crippen molar-refractivity contribution in [3.8, 4) is 0 Å². The van der Waals surface area contributed by atoms with E-state index in [1.165, 1.54) is 0 Å². The Morgan fingerprint density at radius 1 is 1.29 bits per heavy atom. The maximum Gasteiger partial charge on any atom is 0.209 e. The summed E-state index contributed by atoms with van der Waals surface area (Å²) in [7, 11) is 0. The van der Waals surface area contributed by atoms with Gasteiger partial charge in [-0.2, -0.15) is 11.8 Å². The summed E-state index contributed by atoms with van der Waals surface area (Å²) >= 11 is 7.00. The van der Waals surface area contributed by atoms with Crippen LogP contribution < -0.4 is 4.90 Å². The predicted octanol–water partition coefficient (Wildman–Crippen LogP) is 2.63. The van der Waals surface area contributed by atoms with Crippen LogP contribution in [-0.2, 0) is 0 Å². The maximum absolute atomic E-state index is 4.15. The third-order valence-electron chi connectivity index (χ3n) is 2.08. The third-order valence-corrected chi connectivity index (χ3v) is 4.72. The lowest BCUT2D eigenvalue weighted by Crippen LogP contribution is -2.40. The van der Waals surface area contributed by atoms with Crippen LogP contribution in [0.2, 0.25) is 0 Å². The SMILES string of the molecule is CC1CN(c2nnc(Br)s2)CC(C)S1. The van der Waals surface area contributed by atoms with Crippen molar-refractivity contribution in [2.24, 2.45) is 0 Å². The smallest absolute Gasteiger partial charge is 0.209 e. The van der Waals surface area contributed by atoms with Crippen LogP contribution in [0.15, 0.2) is 3.92 Å². The van der Waals surface area contributed by atoms with E-state index in [-0.39, 0.29) is 0 Å². The zero-order valence-electron chi connectivity index (χ0n) is 8.11. The third kappa shape index (κ3) is 2.41. The van der Waals surface area contributed by atoms with Gasteiger partial charge in [0.05, 0.1) is 0 Å². The van der Waals surface area contributed by atoms with E-state index in [1.54, 1.807) is 11.3 Å². The molecule has 2 atom stereocenters. The first-order valence-corrected chi connectivity index (χ1v) is 7.10. The summed E-state index contributed by atoms with van der Waals surface area (Å²) in [6.07, 6.45) is 0. The monoisotopic (exact) mass is 293 g/mol. The van der Waals surface area contributed by atoms with E-state index < -0.39 is 0 Å². The van der Waals surface area contributed by atoms with E-state index in [4.69, 9.17) is 0 Å². The number of rotatable bonds is 1.